The quantitative estimate of drug-likeness (QED) is 0.644. The third-order valence-electron chi connectivity index (χ3n) is 5.71. The minimum atomic E-state index is -1.30. The van der Waals surface area contributed by atoms with Gasteiger partial charge in [-0.15, -0.1) is 0 Å². The Hall–Kier alpha value is -2.88. The van der Waals surface area contributed by atoms with Crippen molar-refractivity contribution in [3.05, 3.63) is 41.0 Å². The van der Waals surface area contributed by atoms with E-state index in [1.807, 2.05) is 46.6 Å². The number of halogens is 3. The van der Waals surface area contributed by atoms with E-state index in [1.165, 1.54) is 0 Å². The lowest BCUT2D eigenvalue weighted by Crippen LogP contribution is -2.54. The lowest BCUT2D eigenvalue weighted by Gasteiger charge is -2.31. The van der Waals surface area contributed by atoms with Crippen molar-refractivity contribution < 1.29 is 22.8 Å². The van der Waals surface area contributed by atoms with E-state index in [0.717, 1.165) is 12.6 Å². The molecule has 186 valence electrons. The van der Waals surface area contributed by atoms with Crippen molar-refractivity contribution in [3.8, 4) is 11.4 Å². The van der Waals surface area contributed by atoms with Crippen LogP contribution in [0.5, 0.6) is 0 Å². The Morgan fingerprint density at radius 1 is 1.03 bits per heavy atom. The Morgan fingerprint density at radius 3 is 2.29 bits per heavy atom. The molecule has 2 aromatic rings. The van der Waals surface area contributed by atoms with Crippen LogP contribution in [0, 0.1) is 22.9 Å². The van der Waals surface area contributed by atoms with Gasteiger partial charge in [-0.05, 0) is 45.3 Å². The van der Waals surface area contributed by atoms with Crippen LogP contribution in [0.3, 0.4) is 0 Å². The van der Waals surface area contributed by atoms with E-state index in [4.69, 9.17) is 0 Å². The predicted molar refractivity (Wildman–Crippen MR) is 122 cm³/mol. The summed E-state index contributed by atoms with van der Waals surface area (Å²) in [5.41, 5.74) is -0.279. The zero-order chi connectivity index (χ0) is 25.4. The second-order valence-electron chi connectivity index (χ2n) is 10.2. The van der Waals surface area contributed by atoms with E-state index >= 15 is 0 Å². The van der Waals surface area contributed by atoms with Crippen molar-refractivity contribution >= 4 is 11.8 Å². The van der Waals surface area contributed by atoms with Gasteiger partial charge in [-0.2, -0.15) is 0 Å². The highest BCUT2D eigenvalue weighted by Gasteiger charge is 2.35. The minimum absolute atomic E-state index is 0.0273. The molecule has 0 radical (unpaired) electrons. The van der Waals surface area contributed by atoms with Crippen LogP contribution in [0.4, 0.5) is 13.2 Å². The van der Waals surface area contributed by atoms with Crippen LogP contribution < -0.4 is 10.6 Å². The van der Waals surface area contributed by atoms with E-state index < -0.39 is 34.8 Å². The molecule has 0 aliphatic carbocycles. The van der Waals surface area contributed by atoms with E-state index in [0.29, 0.717) is 31.3 Å². The number of carbonyl (C=O) groups excluding carboxylic acids is 2. The van der Waals surface area contributed by atoms with Gasteiger partial charge in [-0.1, -0.05) is 20.8 Å². The summed E-state index contributed by atoms with van der Waals surface area (Å²) in [6.45, 7) is 10.7. The maximum Gasteiger partial charge on any atom is 0.272 e. The largest absolute Gasteiger partial charge is 0.352 e. The molecule has 7 nitrogen and oxygen atoms in total. The number of nitrogens with zero attached hydrogens (tertiary/aromatic N) is 3. The molecule has 2 amide bonds. The number of rotatable bonds is 5. The van der Waals surface area contributed by atoms with Crippen LogP contribution in [-0.2, 0) is 17.9 Å². The Balaban J connectivity index is 2.08. The number of aromatic nitrogens is 2. The molecule has 1 unspecified atom stereocenters. The number of carbonyl (C=O) groups is 2. The summed E-state index contributed by atoms with van der Waals surface area (Å²) in [5.74, 6) is -4.35. The smallest absolute Gasteiger partial charge is 0.272 e. The fourth-order valence-corrected chi connectivity index (χ4v) is 4.05. The summed E-state index contributed by atoms with van der Waals surface area (Å²) in [5, 5.41) is 5.61. The SMILES string of the molecule is CC(C)NC(=O)C(NC(=O)c1nc(-c2cc(F)c(F)cc2F)n2c1CN(C)CCC2)C(C)(C)C. The lowest BCUT2D eigenvalue weighted by molar-refractivity contribution is -0.125. The normalized spacial score (nSPS) is 15.6. The summed E-state index contributed by atoms with van der Waals surface area (Å²) in [7, 11) is 1.89. The minimum Gasteiger partial charge on any atom is -0.352 e. The second kappa shape index (κ2) is 9.77. The molecular formula is C24H32F3N5O2. The van der Waals surface area contributed by atoms with Crippen LogP contribution in [-0.4, -0.2) is 51.9 Å². The average Bonchev–Trinajstić information content (AvgIpc) is 2.93. The lowest BCUT2D eigenvalue weighted by atomic mass is 9.86. The Kier molecular flexibility index (Phi) is 7.40. The molecule has 1 atom stereocenters. The van der Waals surface area contributed by atoms with E-state index in [-0.39, 0.29) is 29.0 Å². The van der Waals surface area contributed by atoms with Gasteiger partial charge in [0.25, 0.3) is 5.91 Å². The number of benzene rings is 1. The first-order valence-corrected chi connectivity index (χ1v) is 11.3. The predicted octanol–water partition coefficient (Wildman–Crippen LogP) is 3.47. The van der Waals surface area contributed by atoms with Crippen molar-refractivity contribution in [2.75, 3.05) is 13.6 Å². The first kappa shape index (κ1) is 25.7. The van der Waals surface area contributed by atoms with E-state index in [9.17, 15) is 22.8 Å². The number of hydrogen-bond acceptors (Lipinski definition) is 4. The number of amides is 2. The average molecular weight is 480 g/mol. The Labute approximate surface area is 197 Å². The van der Waals surface area contributed by atoms with Crippen LogP contribution in [0.2, 0.25) is 0 Å². The maximum atomic E-state index is 14.6. The molecule has 1 aromatic carbocycles. The third kappa shape index (κ3) is 5.43. The summed E-state index contributed by atoms with van der Waals surface area (Å²) >= 11 is 0. The molecule has 0 saturated heterocycles. The van der Waals surface area contributed by atoms with Gasteiger partial charge >= 0.3 is 0 Å². The van der Waals surface area contributed by atoms with E-state index in [1.54, 1.807) is 4.57 Å². The number of imidazole rings is 1. The van der Waals surface area contributed by atoms with Gasteiger partial charge in [0.15, 0.2) is 17.3 Å². The number of hydrogen-bond donors (Lipinski definition) is 2. The van der Waals surface area contributed by atoms with Crippen LogP contribution in [0.1, 0.15) is 57.2 Å². The molecule has 0 fully saturated rings. The summed E-state index contributed by atoms with van der Waals surface area (Å²) in [6, 6.07) is 0.257. The van der Waals surface area contributed by atoms with Crippen LogP contribution >= 0.6 is 0 Å². The van der Waals surface area contributed by atoms with Gasteiger partial charge in [-0.25, -0.2) is 18.2 Å². The molecule has 34 heavy (non-hydrogen) atoms. The van der Waals surface area contributed by atoms with Crippen molar-refractivity contribution in [1.82, 2.24) is 25.1 Å². The third-order valence-corrected chi connectivity index (χ3v) is 5.71. The number of fused-ring (bicyclic) bond motifs is 1. The Bertz CT molecular complexity index is 1090. The Morgan fingerprint density at radius 2 is 1.68 bits per heavy atom. The summed E-state index contributed by atoms with van der Waals surface area (Å²) in [6.07, 6.45) is 0.695. The molecule has 0 spiro atoms. The van der Waals surface area contributed by atoms with Gasteiger partial charge in [0.2, 0.25) is 5.91 Å². The topological polar surface area (TPSA) is 79.3 Å². The maximum absolute atomic E-state index is 14.6. The second-order valence-corrected chi connectivity index (χ2v) is 10.2. The summed E-state index contributed by atoms with van der Waals surface area (Å²) < 4.78 is 43.8. The first-order valence-electron chi connectivity index (χ1n) is 11.3. The standard InChI is InChI=1S/C24H32F3N5O2/c1-13(2)28-23(34)20(24(3,4)5)30-22(33)19-18-12-31(6)8-7-9-32(18)21(29-19)14-10-16(26)17(27)11-15(14)25/h10-11,13,20H,7-9,12H2,1-6H3,(H,28,34)(H,30,33). The highest BCUT2D eigenvalue weighted by atomic mass is 19.2. The van der Waals surface area contributed by atoms with Gasteiger partial charge in [0, 0.05) is 25.2 Å². The van der Waals surface area contributed by atoms with Crippen molar-refractivity contribution in [2.24, 2.45) is 5.41 Å². The van der Waals surface area contributed by atoms with Crippen molar-refractivity contribution in [1.29, 1.82) is 0 Å². The first-order chi connectivity index (χ1) is 15.8. The molecule has 10 heteroatoms. The van der Waals surface area contributed by atoms with Crippen LogP contribution in [0.25, 0.3) is 11.4 Å². The highest BCUT2D eigenvalue weighted by molar-refractivity contribution is 5.98. The zero-order valence-electron chi connectivity index (χ0n) is 20.4. The zero-order valence-corrected chi connectivity index (χ0v) is 20.4. The van der Waals surface area contributed by atoms with Gasteiger partial charge in [0.1, 0.15) is 17.7 Å². The van der Waals surface area contributed by atoms with E-state index in [2.05, 4.69) is 15.6 Å². The molecule has 3 rings (SSSR count). The van der Waals surface area contributed by atoms with Crippen LogP contribution in [0.15, 0.2) is 12.1 Å². The van der Waals surface area contributed by atoms with Gasteiger partial charge in [-0.3, -0.25) is 9.59 Å². The number of nitrogens with one attached hydrogen (secondary N) is 2. The molecule has 0 saturated carbocycles. The fraction of sp³-hybridized carbons (Fsp3) is 0.542. The molecule has 1 aliphatic rings. The molecule has 1 aliphatic heterocycles. The molecule has 1 aromatic heterocycles. The van der Waals surface area contributed by atoms with Crippen molar-refractivity contribution in [2.45, 2.75) is 66.2 Å². The van der Waals surface area contributed by atoms with Gasteiger partial charge in [0.05, 0.1) is 11.3 Å². The van der Waals surface area contributed by atoms with Crippen molar-refractivity contribution in [3.63, 3.8) is 0 Å². The monoisotopic (exact) mass is 479 g/mol. The molecule has 2 N–H and O–H groups in total. The molecule has 2 heterocycles. The molecular weight excluding hydrogens is 447 g/mol. The van der Waals surface area contributed by atoms with Gasteiger partial charge < -0.3 is 20.1 Å². The molecule has 0 bridgehead atoms. The summed E-state index contributed by atoms with van der Waals surface area (Å²) in [4.78, 5) is 32.6. The fourth-order valence-electron chi connectivity index (χ4n) is 4.05. The highest BCUT2D eigenvalue weighted by Crippen LogP contribution is 2.30.